The summed E-state index contributed by atoms with van der Waals surface area (Å²) in [5, 5.41) is 9.57. The minimum absolute atomic E-state index is 0.177. The van der Waals surface area contributed by atoms with Gasteiger partial charge in [0.05, 0.1) is 12.3 Å². The first kappa shape index (κ1) is 15.7. The third-order valence-electron chi connectivity index (χ3n) is 3.75. The van der Waals surface area contributed by atoms with E-state index in [1.54, 1.807) is 0 Å². The van der Waals surface area contributed by atoms with Gasteiger partial charge in [0.1, 0.15) is 0 Å². The summed E-state index contributed by atoms with van der Waals surface area (Å²) in [7, 11) is 0. The largest absolute Gasteiger partial charge is 0.376 e. The second kappa shape index (κ2) is 7.42. The second-order valence-electron chi connectivity index (χ2n) is 5.48. The number of fused-ring (bicyclic) bond motifs is 1. The van der Waals surface area contributed by atoms with E-state index in [4.69, 9.17) is 0 Å². The highest BCUT2D eigenvalue weighted by Crippen LogP contribution is 2.18. The normalized spacial score (nSPS) is 11.3. The molecule has 0 heterocycles. The van der Waals surface area contributed by atoms with Gasteiger partial charge in [0.2, 0.25) is 0 Å². The number of nitrogens with one attached hydrogen (secondary N) is 2. The minimum atomic E-state index is -0.182. The van der Waals surface area contributed by atoms with Crippen molar-refractivity contribution in [2.24, 2.45) is 5.10 Å². The lowest BCUT2D eigenvalue weighted by atomic mass is 10.0. The SMILES string of the molecule is C/C(=N/NC(=O)CNc1ccccc1)c1cccc2ccccc12. The Morgan fingerprint density at radius 3 is 2.46 bits per heavy atom. The first-order valence-corrected chi connectivity index (χ1v) is 7.84. The van der Waals surface area contributed by atoms with Gasteiger partial charge >= 0.3 is 0 Å². The van der Waals surface area contributed by atoms with Crippen LogP contribution in [0.2, 0.25) is 0 Å². The fourth-order valence-corrected chi connectivity index (χ4v) is 2.53. The Morgan fingerprint density at radius 2 is 1.62 bits per heavy atom. The summed E-state index contributed by atoms with van der Waals surface area (Å²) in [6.45, 7) is 2.07. The molecule has 0 spiro atoms. The third-order valence-corrected chi connectivity index (χ3v) is 3.75. The van der Waals surface area contributed by atoms with Crippen LogP contribution in [0.5, 0.6) is 0 Å². The second-order valence-corrected chi connectivity index (χ2v) is 5.48. The summed E-state index contributed by atoms with van der Waals surface area (Å²) in [6.07, 6.45) is 0. The van der Waals surface area contributed by atoms with E-state index in [-0.39, 0.29) is 12.5 Å². The molecule has 0 atom stereocenters. The number of carbonyl (C=O) groups excluding carboxylic acids is 1. The van der Waals surface area contributed by atoms with E-state index in [2.05, 4.69) is 34.0 Å². The molecule has 0 bridgehead atoms. The van der Waals surface area contributed by atoms with E-state index >= 15 is 0 Å². The van der Waals surface area contributed by atoms with E-state index in [0.717, 1.165) is 27.7 Å². The highest BCUT2D eigenvalue weighted by Gasteiger charge is 2.05. The van der Waals surface area contributed by atoms with E-state index in [0.29, 0.717) is 0 Å². The molecule has 0 unspecified atom stereocenters. The van der Waals surface area contributed by atoms with Gasteiger partial charge in [0, 0.05) is 11.3 Å². The molecule has 0 fully saturated rings. The van der Waals surface area contributed by atoms with E-state index in [1.807, 2.05) is 61.5 Å². The maximum atomic E-state index is 11.9. The topological polar surface area (TPSA) is 53.5 Å². The average molecular weight is 317 g/mol. The van der Waals surface area contributed by atoms with Gasteiger partial charge in [-0.05, 0) is 29.8 Å². The van der Waals surface area contributed by atoms with Crippen LogP contribution in [0, 0.1) is 0 Å². The van der Waals surface area contributed by atoms with Crippen molar-refractivity contribution in [3.63, 3.8) is 0 Å². The van der Waals surface area contributed by atoms with Crippen LogP contribution >= 0.6 is 0 Å². The van der Waals surface area contributed by atoms with Crippen LogP contribution in [0.25, 0.3) is 10.8 Å². The molecule has 0 radical (unpaired) electrons. The molecule has 4 heteroatoms. The van der Waals surface area contributed by atoms with Crippen LogP contribution in [0.4, 0.5) is 5.69 Å². The van der Waals surface area contributed by atoms with Gasteiger partial charge in [-0.15, -0.1) is 0 Å². The van der Waals surface area contributed by atoms with E-state index < -0.39 is 0 Å². The molecule has 3 aromatic carbocycles. The van der Waals surface area contributed by atoms with Crippen molar-refractivity contribution < 1.29 is 4.79 Å². The van der Waals surface area contributed by atoms with Crippen molar-refractivity contribution in [1.82, 2.24) is 5.43 Å². The van der Waals surface area contributed by atoms with Crippen molar-refractivity contribution >= 4 is 28.1 Å². The summed E-state index contributed by atoms with van der Waals surface area (Å²) in [5.74, 6) is -0.182. The average Bonchev–Trinajstić information content (AvgIpc) is 2.64. The number of rotatable bonds is 5. The van der Waals surface area contributed by atoms with Crippen molar-refractivity contribution in [3.05, 3.63) is 78.4 Å². The van der Waals surface area contributed by atoms with Crippen molar-refractivity contribution in [1.29, 1.82) is 0 Å². The Balaban J connectivity index is 1.66. The van der Waals surface area contributed by atoms with Gasteiger partial charge < -0.3 is 5.32 Å². The van der Waals surface area contributed by atoms with Crippen LogP contribution in [0.3, 0.4) is 0 Å². The fourth-order valence-electron chi connectivity index (χ4n) is 2.53. The van der Waals surface area contributed by atoms with Crippen LogP contribution in [-0.2, 0) is 4.79 Å². The van der Waals surface area contributed by atoms with Gasteiger partial charge in [-0.25, -0.2) is 5.43 Å². The standard InChI is InChI=1S/C20H19N3O/c1-15(18-13-7-9-16-8-5-6-12-19(16)18)22-23-20(24)14-21-17-10-3-2-4-11-17/h2-13,21H,14H2,1H3,(H,23,24)/b22-15-. The number of hydrogen-bond donors (Lipinski definition) is 2. The fraction of sp³-hybridized carbons (Fsp3) is 0.100. The molecule has 0 aliphatic carbocycles. The third kappa shape index (κ3) is 3.79. The lowest BCUT2D eigenvalue weighted by molar-refractivity contribution is -0.119. The molecule has 24 heavy (non-hydrogen) atoms. The molecule has 0 aliphatic heterocycles. The summed E-state index contributed by atoms with van der Waals surface area (Å²) >= 11 is 0. The van der Waals surface area contributed by atoms with E-state index in [1.165, 1.54) is 0 Å². The highest BCUT2D eigenvalue weighted by atomic mass is 16.2. The first-order chi connectivity index (χ1) is 11.7. The zero-order valence-corrected chi connectivity index (χ0v) is 13.5. The Bertz CT molecular complexity index is 867. The lowest BCUT2D eigenvalue weighted by Gasteiger charge is -2.08. The van der Waals surface area contributed by atoms with Gasteiger partial charge in [-0.3, -0.25) is 4.79 Å². The van der Waals surface area contributed by atoms with Crippen LogP contribution < -0.4 is 10.7 Å². The Labute approximate surface area is 141 Å². The maximum Gasteiger partial charge on any atom is 0.259 e. The Kier molecular flexibility index (Phi) is 4.87. The van der Waals surface area contributed by atoms with Gasteiger partial charge in [0.25, 0.3) is 5.91 Å². The molecule has 0 aliphatic rings. The van der Waals surface area contributed by atoms with Crippen LogP contribution in [0.15, 0.2) is 77.9 Å². The van der Waals surface area contributed by atoms with Crippen LogP contribution in [-0.4, -0.2) is 18.2 Å². The Morgan fingerprint density at radius 1 is 0.917 bits per heavy atom. The molecule has 0 saturated carbocycles. The predicted octanol–water partition coefficient (Wildman–Crippen LogP) is 3.79. The quantitative estimate of drug-likeness (QED) is 0.555. The molecule has 0 aromatic heterocycles. The zero-order chi connectivity index (χ0) is 16.8. The minimum Gasteiger partial charge on any atom is -0.376 e. The van der Waals surface area contributed by atoms with Crippen molar-refractivity contribution in [3.8, 4) is 0 Å². The molecule has 2 N–H and O–H groups in total. The molecule has 4 nitrogen and oxygen atoms in total. The first-order valence-electron chi connectivity index (χ1n) is 7.84. The molecule has 3 aromatic rings. The zero-order valence-electron chi connectivity index (χ0n) is 13.5. The molecule has 120 valence electrons. The Hall–Kier alpha value is -3.14. The highest BCUT2D eigenvalue weighted by molar-refractivity contribution is 6.09. The number of carbonyl (C=O) groups is 1. The number of hydrogen-bond acceptors (Lipinski definition) is 3. The molecule has 0 saturated heterocycles. The summed E-state index contributed by atoms with van der Waals surface area (Å²) < 4.78 is 0. The predicted molar refractivity (Wildman–Crippen MR) is 99.2 cm³/mol. The molecule has 3 rings (SSSR count). The maximum absolute atomic E-state index is 11.9. The smallest absolute Gasteiger partial charge is 0.259 e. The molecular weight excluding hydrogens is 298 g/mol. The number of nitrogens with zero attached hydrogens (tertiary/aromatic N) is 1. The number of anilines is 1. The van der Waals surface area contributed by atoms with Crippen molar-refractivity contribution in [2.45, 2.75) is 6.92 Å². The number of amides is 1. The molecular formula is C20H19N3O. The van der Waals surface area contributed by atoms with E-state index in [9.17, 15) is 4.79 Å². The van der Waals surface area contributed by atoms with Gasteiger partial charge in [0.15, 0.2) is 0 Å². The number of hydrazone groups is 1. The van der Waals surface area contributed by atoms with Gasteiger partial charge in [-0.2, -0.15) is 5.10 Å². The van der Waals surface area contributed by atoms with Gasteiger partial charge in [-0.1, -0.05) is 60.7 Å². The summed E-state index contributed by atoms with van der Waals surface area (Å²) in [5.41, 5.74) is 5.30. The molecule has 1 amide bonds. The van der Waals surface area contributed by atoms with Crippen molar-refractivity contribution in [2.75, 3.05) is 11.9 Å². The summed E-state index contributed by atoms with van der Waals surface area (Å²) in [4.78, 5) is 11.9. The lowest BCUT2D eigenvalue weighted by Crippen LogP contribution is -2.26. The number of benzene rings is 3. The summed E-state index contributed by atoms with van der Waals surface area (Å²) in [6, 6.07) is 23.8. The van der Waals surface area contributed by atoms with Crippen LogP contribution in [0.1, 0.15) is 12.5 Å². The monoisotopic (exact) mass is 317 g/mol. The number of para-hydroxylation sites is 1.